The molecule has 0 aromatic heterocycles. The van der Waals surface area contributed by atoms with Crippen molar-refractivity contribution in [3.05, 3.63) is 53.1 Å². The fourth-order valence-electron chi connectivity index (χ4n) is 5.44. The Morgan fingerprint density at radius 3 is 2.16 bits per heavy atom. The van der Waals surface area contributed by atoms with Gasteiger partial charge in [0.2, 0.25) is 10.0 Å². The average molecular weight is 615 g/mol. The van der Waals surface area contributed by atoms with Gasteiger partial charge in [-0.2, -0.15) is 0 Å². The number of rotatable bonds is 20. The number of nitrogens with zero attached hydrogens (tertiary/aromatic N) is 1. The second-order valence-electron chi connectivity index (χ2n) is 11.3. The van der Waals surface area contributed by atoms with Gasteiger partial charge in [-0.1, -0.05) is 97.1 Å². The molecule has 2 aromatic carbocycles. The molecule has 1 aliphatic heterocycles. The number of nitrogens with one attached hydrogen (secondary N) is 1. The minimum atomic E-state index is -3.77. The van der Waals surface area contributed by atoms with E-state index in [-0.39, 0.29) is 34.3 Å². The molecule has 43 heavy (non-hydrogen) atoms. The van der Waals surface area contributed by atoms with Crippen molar-refractivity contribution in [1.82, 2.24) is 4.90 Å². The highest BCUT2D eigenvalue weighted by Gasteiger charge is 2.41. The molecule has 1 N–H and O–H groups in total. The van der Waals surface area contributed by atoms with Crippen LogP contribution in [-0.4, -0.2) is 50.1 Å². The van der Waals surface area contributed by atoms with Crippen molar-refractivity contribution in [2.24, 2.45) is 0 Å². The number of sulfonamides is 1. The standard InChI is InChI=1S/C34H50N2O6S/c1-6-11-20-26-30-28(41-34(26)38)24-27(35-43(39,40)23-14-9-4)33(31(30)32(37)25-18-16-15-17-19-25)42-29(10-5)36(21-12-7-2)22-13-8-3/h15-19,24,26,29,35H,6-14,20-23H2,1-5H3. The number of hydrogen-bond donors (Lipinski definition) is 1. The van der Waals surface area contributed by atoms with Crippen LogP contribution in [0.3, 0.4) is 0 Å². The van der Waals surface area contributed by atoms with Gasteiger partial charge in [0.05, 0.1) is 22.9 Å². The maximum absolute atomic E-state index is 14.4. The number of unbranched alkanes of at least 4 members (excludes halogenated alkanes) is 4. The minimum absolute atomic E-state index is 0.0722. The third-order valence-electron chi connectivity index (χ3n) is 7.88. The van der Waals surface area contributed by atoms with Gasteiger partial charge in [-0.3, -0.25) is 19.2 Å². The zero-order valence-electron chi connectivity index (χ0n) is 26.6. The van der Waals surface area contributed by atoms with Crippen molar-refractivity contribution in [3.63, 3.8) is 0 Å². The van der Waals surface area contributed by atoms with E-state index in [1.165, 1.54) is 6.07 Å². The number of esters is 1. The summed E-state index contributed by atoms with van der Waals surface area (Å²) in [6.07, 6.45) is 7.63. The maximum Gasteiger partial charge on any atom is 0.318 e. The maximum atomic E-state index is 14.4. The molecule has 9 heteroatoms. The van der Waals surface area contributed by atoms with E-state index in [9.17, 15) is 18.0 Å². The van der Waals surface area contributed by atoms with E-state index in [4.69, 9.17) is 9.47 Å². The molecule has 0 amide bonds. The van der Waals surface area contributed by atoms with Crippen LogP contribution in [-0.2, 0) is 14.8 Å². The lowest BCUT2D eigenvalue weighted by Gasteiger charge is -2.33. The molecule has 3 rings (SSSR count). The van der Waals surface area contributed by atoms with Crippen LogP contribution in [0.1, 0.15) is 126 Å². The zero-order valence-corrected chi connectivity index (χ0v) is 27.4. The summed E-state index contributed by atoms with van der Waals surface area (Å²) in [6.45, 7) is 11.9. The van der Waals surface area contributed by atoms with Gasteiger partial charge in [-0.15, -0.1) is 0 Å². The molecule has 1 heterocycles. The molecular weight excluding hydrogens is 564 g/mol. The predicted octanol–water partition coefficient (Wildman–Crippen LogP) is 7.67. The first-order valence-electron chi connectivity index (χ1n) is 16.1. The summed E-state index contributed by atoms with van der Waals surface area (Å²) in [5, 5.41) is 0. The summed E-state index contributed by atoms with van der Waals surface area (Å²) in [5.74, 6) is -1.09. The summed E-state index contributed by atoms with van der Waals surface area (Å²) in [6, 6.07) is 10.4. The van der Waals surface area contributed by atoms with Gasteiger partial charge in [0, 0.05) is 30.3 Å². The topological polar surface area (TPSA) is 102 Å². The Bertz CT molecular complexity index is 1300. The van der Waals surface area contributed by atoms with Gasteiger partial charge in [0.25, 0.3) is 0 Å². The normalized spacial score (nSPS) is 15.3. The second-order valence-corrected chi connectivity index (χ2v) is 13.2. The van der Waals surface area contributed by atoms with E-state index in [1.807, 2.05) is 26.8 Å². The Kier molecular flexibility index (Phi) is 13.5. The smallest absolute Gasteiger partial charge is 0.318 e. The number of fused-ring (bicyclic) bond motifs is 1. The molecule has 0 aliphatic carbocycles. The van der Waals surface area contributed by atoms with Gasteiger partial charge in [-0.25, -0.2) is 8.42 Å². The first kappa shape index (κ1) is 34.6. The summed E-state index contributed by atoms with van der Waals surface area (Å²) in [4.78, 5) is 29.9. The van der Waals surface area contributed by atoms with Crippen LogP contribution in [0, 0.1) is 0 Å². The lowest BCUT2D eigenvalue weighted by molar-refractivity contribution is -0.134. The molecule has 0 fully saturated rings. The van der Waals surface area contributed by atoms with E-state index in [0.29, 0.717) is 36.8 Å². The van der Waals surface area contributed by atoms with E-state index in [0.717, 1.165) is 51.6 Å². The Balaban J connectivity index is 2.29. The summed E-state index contributed by atoms with van der Waals surface area (Å²) >= 11 is 0. The van der Waals surface area contributed by atoms with Gasteiger partial charge in [0.1, 0.15) is 5.75 Å². The third-order valence-corrected chi connectivity index (χ3v) is 9.23. The highest BCUT2D eigenvalue weighted by Crippen LogP contribution is 2.49. The van der Waals surface area contributed by atoms with Crippen molar-refractivity contribution in [3.8, 4) is 11.5 Å². The highest BCUT2D eigenvalue weighted by molar-refractivity contribution is 7.92. The van der Waals surface area contributed by atoms with Gasteiger partial charge < -0.3 is 9.47 Å². The Morgan fingerprint density at radius 1 is 0.953 bits per heavy atom. The summed E-state index contributed by atoms with van der Waals surface area (Å²) < 4.78 is 41.7. The van der Waals surface area contributed by atoms with Crippen molar-refractivity contribution < 1.29 is 27.5 Å². The molecule has 2 aromatic rings. The van der Waals surface area contributed by atoms with Crippen LogP contribution >= 0.6 is 0 Å². The summed E-state index contributed by atoms with van der Waals surface area (Å²) in [5.41, 5.74) is 1.24. The first-order chi connectivity index (χ1) is 20.7. The Labute approximate surface area is 258 Å². The van der Waals surface area contributed by atoms with Crippen LogP contribution < -0.4 is 14.2 Å². The molecule has 238 valence electrons. The molecule has 8 nitrogen and oxygen atoms in total. The minimum Gasteiger partial charge on any atom is -0.472 e. The molecule has 0 saturated heterocycles. The van der Waals surface area contributed by atoms with E-state index >= 15 is 0 Å². The SMILES string of the molecule is CCCCC1C(=O)Oc2cc(NS(=O)(=O)CCCC)c(OC(CC)N(CCCC)CCCC)c(C(=O)c3ccccc3)c21. The number of hydrogen-bond acceptors (Lipinski definition) is 7. The number of carbonyl (C=O) groups excluding carboxylic acids is 2. The zero-order chi connectivity index (χ0) is 31.4. The van der Waals surface area contributed by atoms with Gasteiger partial charge in [-0.05, 0) is 32.1 Å². The lowest BCUT2D eigenvalue weighted by Crippen LogP contribution is -2.41. The van der Waals surface area contributed by atoms with Crippen molar-refractivity contribution >= 4 is 27.5 Å². The molecule has 2 unspecified atom stereocenters. The molecular formula is C34H50N2O6S. The average Bonchev–Trinajstić information content (AvgIpc) is 3.31. The first-order valence-corrected chi connectivity index (χ1v) is 17.8. The molecule has 1 aliphatic rings. The van der Waals surface area contributed by atoms with Crippen molar-refractivity contribution in [2.75, 3.05) is 23.6 Å². The number of carbonyl (C=O) groups is 2. The quantitative estimate of drug-likeness (QED) is 0.0707. The molecule has 0 saturated carbocycles. The van der Waals surface area contributed by atoms with Crippen LogP contribution in [0.5, 0.6) is 11.5 Å². The number of ketones is 1. The largest absolute Gasteiger partial charge is 0.472 e. The van der Waals surface area contributed by atoms with Crippen LogP contribution in [0.2, 0.25) is 0 Å². The van der Waals surface area contributed by atoms with Crippen molar-refractivity contribution in [2.45, 2.75) is 111 Å². The number of benzene rings is 2. The van der Waals surface area contributed by atoms with Crippen LogP contribution in [0.15, 0.2) is 36.4 Å². The molecule has 0 spiro atoms. The van der Waals surface area contributed by atoms with Crippen molar-refractivity contribution in [1.29, 1.82) is 0 Å². The Hall–Kier alpha value is -2.91. The fourth-order valence-corrected chi connectivity index (χ4v) is 6.69. The van der Waals surface area contributed by atoms with E-state index < -0.39 is 28.1 Å². The second kappa shape index (κ2) is 16.8. The molecule has 0 bridgehead atoms. The van der Waals surface area contributed by atoms with Gasteiger partial charge in [0.15, 0.2) is 17.8 Å². The van der Waals surface area contributed by atoms with Crippen LogP contribution in [0.4, 0.5) is 5.69 Å². The molecule has 2 atom stereocenters. The third kappa shape index (κ3) is 9.05. The predicted molar refractivity (Wildman–Crippen MR) is 173 cm³/mol. The highest BCUT2D eigenvalue weighted by atomic mass is 32.2. The monoisotopic (exact) mass is 614 g/mol. The van der Waals surface area contributed by atoms with Crippen LogP contribution in [0.25, 0.3) is 0 Å². The van der Waals surface area contributed by atoms with E-state index in [2.05, 4.69) is 23.5 Å². The Morgan fingerprint density at radius 2 is 1.58 bits per heavy atom. The fraction of sp³-hybridized carbons (Fsp3) is 0.588. The lowest BCUT2D eigenvalue weighted by atomic mass is 9.87. The number of anilines is 1. The number of ether oxygens (including phenoxy) is 2. The molecule has 0 radical (unpaired) electrons. The van der Waals surface area contributed by atoms with Gasteiger partial charge >= 0.3 is 5.97 Å². The summed E-state index contributed by atoms with van der Waals surface area (Å²) in [7, 11) is -3.77. The van der Waals surface area contributed by atoms with E-state index in [1.54, 1.807) is 24.3 Å².